The summed E-state index contributed by atoms with van der Waals surface area (Å²) in [5.41, 5.74) is 7.53. The summed E-state index contributed by atoms with van der Waals surface area (Å²) in [6.07, 6.45) is 0. The molecule has 1 aromatic carbocycles. The maximum atomic E-state index is 12.1. The van der Waals surface area contributed by atoms with E-state index in [9.17, 15) is 9.59 Å². The van der Waals surface area contributed by atoms with Gasteiger partial charge >= 0.3 is 5.76 Å². The molecule has 0 spiro atoms. The van der Waals surface area contributed by atoms with Crippen molar-refractivity contribution >= 4 is 34.0 Å². The van der Waals surface area contributed by atoms with Crippen LogP contribution in [0.1, 0.15) is 28.5 Å². The number of nitrogens with one attached hydrogen (secondary N) is 2. The molecule has 0 radical (unpaired) electrons. The van der Waals surface area contributed by atoms with Crippen LogP contribution in [0.3, 0.4) is 0 Å². The predicted octanol–water partition coefficient (Wildman–Crippen LogP) is 1.85. The fourth-order valence-corrected chi connectivity index (χ4v) is 2.58. The van der Waals surface area contributed by atoms with E-state index in [1.54, 1.807) is 23.6 Å². The number of thiazole rings is 1. The molecule has 3 aromatic rings. The molecule has 0 bridgehead atoms. The van der Waals surface area contributed by atoms with Gasteiger partial charge in [-0.2, -0.15) is 0 Å². The van der Waals surface area contributed by atoms with Crippen LogP contribution in [0, 0.1) is 0 Å². The molecule has 0 fully saturated rings. The molecule has 21 heavy (non-hydrogen) atoms. The lowest BCUT2D eigenvalue weighted by molar-refractivity contribution is 0.102. The Hall–Kier alpha value is -2.45. The first-order valence-corrected chi connectivity index (χ1v) is 7.06. The first-order valence-electron chi connectivity index (χ1n) is 6.18. The minimum absolute atomic E-state index is 0.205. The lowest BCUT2D eigenvalue weighted by Gasteiger charge is -2.02. The van der Waals surface area contributed by atoms with Crippen LogP contribution in [-0.4, -0.2) is 15.9 Å². The number of benzene rings is 1. The number of carbonyl (C=O) groups excluding carboxylic acids is 1. The number of anilines is 1. The lowest BCUT2D eigenvalue weighted by atomic mass is 10.3. The molecular weight excluding hydrogens is 292 g/mol. The van der Waals surface area contributed by atoms with Crippen molar-refractivity contribution in [3.63, 3.8) is 0 Å². The first-order chi connectivity index (χ1) is 10.0. The number of nitrogens with two attached hydrogens (primary N) is 1. The molecule has 8 heteroatoms. The summed E-state index contributed by atoms with van der Waals surface area (Å²) in [4.78, 5) is 29.9. The predicted molar refractivity (Wildman–Crippen MR) is 79.5 cm³/mol. The summed E-state index contributed by atoms with van der Waals surface area (Å²) in [7, 11) is 0. The van der Waals surface area contributed by atoms with Gasteiger partial charge in [0, 0.05) is 11.1 Å². The van der Waals surface area contributed by atoms with E-state index in [0.717, 1.165) is 0 Å². The maximum Gasteiger partial charge on any atom is 0.417 e. The van der Waals surface area contributed by atoms with E-state index in [1.165, 1.54) is 11.3 Å². The van der Waals surface area contributed by atoms with Crippen molar-refractivity contribution in [2.75, 3.05) is 5.32 Å². The third kappa shape index (κ3) is 2.71. The maximum absolute atomic E-state index is 12.1. The number of hydrogen-bond donors (Lipinski definition) is 3. The van der Waals surface area contributed by atoms with Gasteiger partial charge in [0.15, 0.2) is 5.58 Å². The lowest BCUT2D eigenvalue weighted by Crippen LogP contribution is -2.13. The minimum Gasteiger partial charge on any atom is -0.408 e. The molecule has 0 saturated carbocycles. The standard InChI is InChI=1S/C13H12N4O3S/c1-6(14)12-16-9(5-21-12)11(18)15-7-2-3-10-8(4-7)17-13(19)20-10/h2-6H,14H2,1H3,(H,15,18)(H,17,19). The molecule has 1 unspecified atom stereocenters. The van der Waals surface area contributed by atoms with Crippen molar-refractivity contribution in [3.8, 4) is 0 Å². The van der Waals surface area contributed by atoms with Crippen LogP contribution in [0.2, 0.25) is 0 Å². The average molecular weight is 304 g/mol. The molecule has 108 valence electrons. The van der Waals surface area contributed by atoms with Gasteiger partial charge in [0.2, 0.25) is 0 Å². The normalized spacial score (nSPS) is 12.5. The molecule has 2 aromatic heterocycles. The SMILES string of the molecule is CC(N)c1nc(C(=O)Nc2ccc3oc(=O)[nH]c3c2)cs1. The van der Waals surface area contributed by atoms with Crippen LogP contribution in [-0.2, 0) is 0 Å². The summed E-state index contributed by atoms with van der Waals surface area (Å²) in [5, 5.41) is 5.08. The molecule has 0 aliphatic carbocycles. The van der Waals surface area contributed by atoms with Crippen molar-refractivity contribution in [3.05, 3.63) is 44.8 Å². The van der Waals surface area contributed by atoms with Gasteiger partial charge in [-0.25, -0.2) is 9.78 Å². The highest BCUT2D eigenvalue weighted by atomic mass is 32.1. The summed E-state index contributed by atoms with van der Waals surface area (Å²) >= 11 is 1.34. The Morgan fingerprint density at radius 1 is 1.52 bits per heavy atom. The van der Waals surface area contributed by atoms with Crippen LogP contribution in [0.15, 0.2) is 32.8 Å². The average Bonchev–Trinajstić information content (AvgIpc) is 3.03. The highest BCUT2D eigenvalue weighted by Crippen LogP contribution is 2.19. The molecule has 7 nitrogen and oxygen atoms in total. The summed E-state index contributed by atoms with van der Waals surface area (Å²) in [6.45, 7) is 1.81. The van der Waals surface area contributed by atoms with E-state index in [-0.39, 0.29) is 11.9 Å². The van der Waals surface area contributed by atoms with Gasteiger partial charge in [0.05, 0.1) is 11.6 Å². The van der Waals surface area contributed by atoms with Gasteiger partial charge < -0.3 is 15.5 Å². The molecule has 1 amide bonds. The van der Waals surface area contributed by atoms with E-state index >= 15 is 0 Å². The second-order valence-corrected chi connectivity index (χ2v) is 5.43. The van der Waals surface area contributed by atoms with Crippen LogP contribution < -0.4 is 16.8 Å². The minimum atomic E-state index is -0.533. The van der Waals surface area contributed by atoms with E-state index in [1.807, 2.05) is 6.92 Å². The topological polar surface area (TPSA) is 114 Å². The van der Waals surface area contributed by atoms with Gasteiger partial charge in [-0.05, 0) is 25.1 Å². The van der Waals surface area contributed by atoms with Gasteiger partial charge in [-0.15, -0.1) is 11.3 Å². The molecule has 3 rings (SSSR count). The fraction of sp³-hybridized carbons (Fsp3) is 0.154. The molecule has 2 heterocycles. The van der Waals surface area contributed by atoms with Gasteiger partial charge in [0.25, 0.3) is 5.91 Å². The van der Waals surface area contributed by atoms with E-state index in [2.05, 4.69) is 15.3 Å². The monoisotopic (exact) mass is 304 g/mol. The Kier molecular flexibility index (Phi) is 3.32. The zero-order chi connectivity index (χ0) is 15.0. The van der Waals surface area contributed by atoms with Gasteiger partial charge in [0.1, 0.15) is 10.7 Å². The Bertz CT molecular complexity index is 862. The highest BCUT2D eigenvalue weighted by molar-refractivity contribution is 7.09. The van der Waals surface area contributed by atoms with Crippen molar-refractivity contribution in [1.82, 2.24) is 9.97 Å². The molecular formula is C13H12N4O3S. The number of H-pyrrole nitrogens is 1. The van der Waals surface area contributed by atoms with E-state index < -0.39 is 5.76 Å². The molecule has 0 aliphatic heterocycles. The number of aromatic nitrogens is 2. The van der Waals surface area contributed by atoms with Crippen LogP contribution in [0.4, 0.5) is 5.69 Å². The number of carbonyl (C=O) groups is 1. The fourth-order valence-electron chi connectivity index (χ4n) is 1.83. The Morgan fingerprint density at radius 3 is 3.05 bits per heavy atom. The number of aromatic amines is 1. The number of amides is 1. The molecule has 4 N–H and O–H groups in total. The van der Waals surface area contributed by atoms with Crippen LogP contribution in [0.5, 0.6) is 0 Å². The van der Waals surface area contributed by atoms with E-state index in [4.69, 9.17) is 10.2 Å². The van der Waals surface area contributed by atoms with Crippen molar-refractivity contribution in [1.29, 1.82) is 0 Å². The summed E-state index contributed by atoms with van der Waals surface area (Å²) < 4.78 is 4.89. The third-order valence-electron chi connectivity index (χ3n) is 2.82. The van der Waals surface area contributed by atoms with Crippen molar-refractivity contribution < 1.29 is 9.21 Å². The largest absolute Gasteiger partial charge is 0.417 e. The highest BCUT2D eigenvalue weighted by Gasteiger charge is 2.13. The van der Waals surface area contributed by atoms with Crippen LogP contribution in [0.25, 0.3) is 11.1 Å². The van der Waals surface area contributed by atoms with E-state index in [0.29, 0.717) is 27.5 Å². The quantitative estimate of drug-likeness (QED) is 0.683. The second-order valence-electron chi connectivity index (χ2n) is 4.54. The smallest absolute Gasteiger partial charge is 0.408 e. The van der Waals surface area contributed by atoms with Crippen LogP contribution >= 0.6 is 11.3 Å². The molecule has 0 saturated heterocycles. The summed E-state index contributed by atoms with van der Waals surface area (Å²) in [5.74, 6) is -0.863. The number of nitrogens with zero attached hydrogens (tertiary/aromatic N) is 1. The zero-order valence-corrected chi connectivity index (χ0v) is 11.9. The summed E-state index contributed by atoms with van der Waals surface area (Å²) in [6, 6.07) is 4.67. The zero-order valence-electron chi connectivity index (χ0n) is 11.0. The Morgan fingerprint density at radius 2 is 2.33 bits per heavy atom. The third-order valence-corrected chi connectivity index (χ3v) is 3.87. The van der Waals surface area contributed by atoms with Gasteiger partial charge in [-0.1, -0.05) is 0 Å². The van der Waals surface area contributed by atoms with Gasteiger partial charge in [-0.3, -0.25) is 9.78 Å². The Labute approximate surface area is 122 Å². The first kappa shape index (κ1) is 13.5. The number of fused-ring (bicyclic) bond motifs is 1. The number of oxazole rings is 1. The molecule has 1 atom stereocenters. The molecule has 0 aliphatic rings. The second kappa shape index (κ2) is 5.15. The Balaban J connectivity index is 1.83. The van der Waals surface area contributed by atoms with Crippen molar-refractivity contribution in [2.24, 2.45) is 5.73 Å². The number of rotatable bonds is 3. The number of hydrogen-bond acceptors (Lipinski definition) is 6. The van der Waals surface area contributed by atoms with Crippen molar-refractivity contribution in [2.45, 2.75) is 13.0 Å².